The van der Waals surface area contributed by atoms with Gasteiger partial charge in [-0.15, -0.1) is 0 Å². The van der Waals surface area contributed by atoms with Crippen molar-refractivity contribution in [2.45, 2.75) is 17.5 Å². The fourth-order valence-corrected chi connectivity index (χ4v) is 7.20. The van der Waals surface area contributed by atoms with Crippen molar-refractivity contribution in [1.82, 2.24) is 5.32 Å². The molecule has 10 heteroatoms. The largest absolute Gasteiger partial charge is 0.378 e. The number of rotatable bonds is 3. The number of nitro benzene ring substituents is 1. The van der Waals surface area contributed by atoms with Crippen molar-refractivity contribution in [3.05, 3.63) is 134 Å². The summed E-state index contributed by atoms with van der Waals surface area (Å²) in [5.74, 6) is -2.18. The maximum atomic E-state index is 15.0. The number of anilines is 2. The molecule has 3 heterocycles. The van der Waals surface area contributed by atoms with Gasteiger partial charge in [0.25, 0.3) is 11.6 Å². The normalized spacial score (nSPS) is 26.0. The molecule has 0 bridgehead atoms. The molecule has 4 aromatic carbocycles. The van der Waals surface area contributed by atoms with Crippen LogP contribution in [-0.2, 0) is 10.3 Å². The van der Waals surface area contributed by atoms with Gasteiger partial charge in [0.05, 0.1) is 10.3 Å². The second-order valence-electron chi connectivity index (χ2n) is 10.6. The number of hydrogen-bond donors (Lipinski definition) is 3. The summed E-state index contributed by atoms with van der Waals surface area (Å²) in [5, 5.41) is 22.0. The van der Waals surface area contributed by atoms with Crippen molar-refractivity contribution in [2.24, 2.45) is 5.41 Å². The number of carbonyl (C=O) groups excluding carboxylic acids is 2. The number of para-hydroxylation sites is 1. The third-order valence-corrected chi connectivity index (χ3v) is 8.95. The van der Waals surface area contributed by atoms with Crippen LogP contribution in [0, 0.1) is 21.3 Å². The first-order valence-electron chi connectivity index (χ1n) is 13.0. The lowest BCUT2D eigenvalue weighted by molar-refractivity contribution is -0.384. The predicted octanol–water partition coefficient (Wildman–Crippen LogP) is 5.96. The van der Waals surface area contributed by atoms with Crippen LogP contribution in [0.2, 0.25) is 5.02 Å². The number of hydrogen-bond acceptors (Lipinski definition) is 6. The van der Waals surface area contributed by atoms with Gasteiger partial charge in [0.15, 0.2) is 5.78 Å². The van der Waals surface area contributed by atoms with E-state index in [-0.39, 0.29) is 23.5 Å². The van der Waals surface area contributed by atoms with Crippen LogP contribution in [0.25, 0.3) is 0 Å². The summed E-state index contributed by atoms with van der Waals surface area (Å²) in [5.41, 5.74) is -1.09. The molecule has 0 aromatic heterocycles. The highest BCUT2D eigenvalue weighted by molar-refractivity contribution is 6.30. The molecule has 7 rings (SSSR count). The van der Waals surface area contributed by atoms with E-state index in [4.69, 9.17) is 11.6 Å². The van der Waals surface area contributed by atoms with Crippen molar-refractivity contribution in [2.75, 3.05) is 17.2 Å². The summed E-state index contributed by atoms with van der Waals surface area (Å²) in [4.78, 5) is 40.6. The zero-order chi connectivity index (χ0) is 28.5. The molecular formula is C31H22ClFN4O4. The summed E-state index contributed by atoms with van der Waals surface area (Å²) in [7, 11) is 0. The molecule has 1 saturated heterocycles. The van der Waals surface area contributed by atoms with Crippen LogP contribution in [0.15, 0.2) is 91.0 Å². The number of ketones is 1. The van der Waals surface area contributed by atoms with Gasteiger partial charge in [0.1, 0.15) is 17.0 Å². The summed E-state index contributed by atoms with van der Waals surface area (Å²) >= 11 is 6.26. The standard InChI is InChI=1S/C31H22ClFN4O4/c32-19-11-9-17(10-12-19)25-26(18-5-2-1-3-6-18)36-31(22-15-20(33)13-14-23(22)35-29(31)39)30(25)16-34-27-21(28(30)38)7-4-8-24(27)37(40)41/h1-15,25-26,34,36H,16H2,(H,35,39)/t25-,26-,30-,31-/m1/s1. The summed E-state index contributed by atoms with van der Waals surface area (Å²) < 4.78 is 14.9. The van der Waals surface area contributed by atoms with Crippen molar-refractivity contribution in [3.8, 4) is 0 Å². The fourth-order valence-electron chi connectivity index (χ4n) is 7.08. The smallest absolute Gasteiger partial charge is 0.293 e. The third-order valence-electron chi connectivity index (χ3n) is 8.70. The highest BCUT2D eigenvalue weighted by Gasteiger charge is 2.74. The molecule has 0 unspecified atom stereocenters. The van der Waals surface area contributed by atoms with Crippen molar-refractivity contribution in [1.29, 1.82) is 0 Å². The number of benzene rings is 4. The molecule has 8 nitrogen and oxygen atoms in total. The molecule has 4 aromatic rings. The maximum absolute atomic E-state index is 15.0. The molecular weight excluding hydrogens is 547 g/mol. The van der Waals surface area contributed by atoms with E-state index in [2.05, 4.69) is 16.0 Å². The van der Waals surface area contributed by atoms with Crippen molar-refractivity contribution in [3.63, 3.8) is 0 Å². The number of Topliss-reactive ketones (excluding diaryl/α,β-unsaturated/α-hetero) is 1. The number of nitro groups is 1. The van der Waals surface area contributed by atoms with Crippen molar-refractivity contribution < 1.29 is 18.9 Å². The Balaban J connectivity index is 1.58. The van der Waals surface area contributed by atoms with Gasteiger partial charge in [-0.3, -0.25) is 25.0 Å². The van der Waals surface area contributed by atoms with E-state index in [9.17, 15) is 19.3 Å². The number of nitrogens with one attached hydrogen (secondary N) is 3. The Bertz CT molecular complexity index is 1770. The van der Waals surface area contributed by atoms with Crippen molar-refractivity contribution >= 4 is 40.4 Å². The van der Waals surface area contributed by atoms with E-state index in [1.165, 1.54) is 36.4 Å². The Morgan fingerprint density at radius 3 is 2.41 bits per heavy atom. The van der Waals surface area contributed by atoms with Gasteiger partial charge in [-0.2, -0.15) is 0 Å². The Hall–Kier alpha value is -4.60. The van der Waals surface area contributed by atoms with Crippen LogP contribution >= 0.6 is 11.6 Å². The van der Waals surface area contributed by atoms with E-state index < -0.39 is 45.3 Å². The molecule has 204 valence electrons. The monoisotopic (exact) mass is 568 g/mol. The number of fused-ring (bicyclic) bond motifs is 4. The minimum Gasteiger partial charge on any atom is -0.378 e. The Kier molecular flexibility index (Phi) is 5.54. The van der Waals surface area contributed by atoms with Gasteiger partial charge < -0.3 is 10.6 Å². The molecule has 2 spiro atoms. The van der Waals surface area contributed by atoms with E-state index in [1.54, 1.807) is 12.1 Å². The first-order chi connectivity index (χ1) is 19.8. The Morgan fingerprint density at radius 1 is 0.927 bits per heavy atom. The first-order valence-corrected chi connectivity index (χ1v) is 13.4. The SMILES string of the molecule is O=C1c2cccc([N+](=O)[O-])c2NC[C@@]12[C@H](c1ccc(Cl)cc1)[C@@H](c1ccccc1)N[C@]21C(=O)Nc2ccc(F)cc21. The van der Waals surface area contributed by atoms with Crippen LogP contribution in [0.4, 0.5) is 21.5 Å². The maximum Gasteiger partial charge on any atom is 0.293 e. The average molecular weight is 569 g/mol. The van der Waals surface area contributed by atoms with Gasteiger partial charge in [0.2, 0.25) is 0 Å². The lowest BCUT2D eigenvalue weighted by Gasteiger charge is -2.46. The first kappa shape index (κ1) is 25.4. The van der Waals surface area contributed by atoms with E-state index in [1.807, 2.05) is 42.5 Å². The number of halogens is 2. The number of amides is 1. The zero-order valence-corrected chi connectivity index (χ0v) is 22.1. The molecule has 0 radical (unpaired) electrons. The summed E-state index contributed by atoms with van der Waals surface area (Å²) in [6.07, 6.45) is 0. The molecule has 3 aliphatic heterocycles. The van der Waals surface area contributed by atoms with Crippen LogP contribution in [0.3, 0.4) is 0 Å². The summed E-state index contributed by atoms with van der Waals surface area (Å²) in [6, 6.07) is 24.3. The molecule has 3 aliphatic rings. The molecule has 41 heavy (non-hydrogen) atoms. The topological polar surface area (TPSA) is 113 Å². The highest BCUT2D eigenvalue weighted by Crippen LogP contribution is 2.66. The minimum atomic E-state index is -1.72. The molecule has 0 saturated carbocycles. The van der Waals surface area contributed by atoms with E-state index >= 15 is 4.79 Å². The molecule has 1 amide bonds. The van der Waals surface area contributed by atoms with Crippen LogP contribution in [0.1, 0.15) is 39.0 Å². The molecule has 4 atom stereocenters. The number of carbonyl (C=O) groups is 2. The van der Waals surface area contributed by atoms with Gasteiger partial charge in [-0.1, -0.05) is 60.1 Å². The molecule has 3 N–H and O–H groups in total. The predicted molar refractivity (Wildman–Crippen MR) is 152 cm³/mol. The molecule has 1 fully saturated rings. The summed E-state index contributed by atoms with van der Waals surface area (Å²) in [6.45, 7) is -0.128. The van der Waals surface area contributed by atoms with Gasteiger partial charge in [0, 0.05) is 46.4 Å². The molecule has 0 aliphatic carbocycles. The quantitative estimate of drug-likeness (QED) is 0.208. The minimum absolute atomic E-state index is 0.0944. The van der Waals surface area contributed by atoms with E-state index in [0.29, 0.717) is 16.3 Å². The average Bonchev–Trinajstić information content (AvgIpc) is 3.44. The Labute approximate surface area is 238 Å². The lowest BCUT2D eigenvalue weighted by Crippen LogP contribution is -2.62. The fraction of sp³-hybridized carbons (Fsp3) is 0.161. The third kappa shape index (κ3) is 3.36. The van der Waals surface area contributed by atoms with Crippen LogP contribution in [0.5, 0.6) is 0 Å². The van der Waals surface area contributed by atoms with Crippen LogP contribution in [-0.4, -0.2) is 23.2 Å². The zero-order valence-electron chi connectivity index (χ0n) is 21.4. The van der Waals surface area contributed by atoms with Gasteiger partial charge >= 0.3 is 0 Å². The highest BCUT2D eigenvalue weighted by atomic mass is 35.5. The second-order valence-corrected chi connectivity index (χ2v) is 11.0. The second kappa shape index (κ2) is 8.95. The van der Waals surface area contributed by atoms with Gasteiger partial charge in [-0.25, -0.2) is 4.39 Å². The lowest BCUT2D eigenvalue weighted by atomic mass is 9.55. The Morgan fingerprint density at radius 2 is 1.68 bits per heavy atom. The van der Waals surface area contributed by atoms with Gasteiger partial charge in [-0.05, 0) is 47.5 Å². The number of nitrogens with zero attached hydrogens (tertiary/aromatic N) is 1. The van der Waals surface area contributed by atoms with Crippen LogP contribution < -0.4 is 16.0 Å². The van der Waals surface area contributed by atoms with E-state index in [0.717, 1.165) is 11.1 Å².